The number of nitrogens with zero attached hydrogens (tertiary/aromatic N) is 2. The fourth-order valence-corrected chi connectivity index (χ4v) is 7.83. The molecule has 38 nitrogen and oxygen atoms in total. The van der Waals surface area contributed by atoms with Crippen molar-refractivity contribution in [1.82, 2.24) is 47.9 Å². The van der Waals surface area contributed by atoms with Crippen LogP contribution in [0.15, 0.2) is 34.3 Å². The number of aliphatic hydroxyl groups excluding tert-OH is 3. The molecular formula is C50H83N19O19. The first-order valence-corrected chi connectivity index (χ1v) is 27.3. The molecule has 0 aliphatic heterocycles. The molecule has 0 spiro atoms. The largest absolute Gasteiger partial charge is 0.508 e. The highest BCUT2D eigenvalue weighted by atomic mass is 16.4. The van der Waals surface area contributed by atoms with Crippen molar-refractivity contribution < 1.29 is 93.0 Å². The van der Waals surface area contributed by atoms with Crippen LogP contribution in [0.2, 0.25) is 0 Å². The zero-order valence-corrected chi connectivity index (χ0v) is 48.2. The number of rotatable bonds is 43. The number of benzene rings is 1. The first-order chi connectivity index (χ1) is 41.3. The quantitative estimate of drug-likeness (QED) is 0.0164. The summed E-state index contributed by atoms with van der Waals surface area (Å²) in [4.78, 5) is 179. The molecule has 11 amide bonds. The monoisotopic (exact) mass is 1250 g/mol. The van der Waals surface area contributed by atoms with Crippen molar-refractivity contribution in [1.29, 1.82) is 0 Å². The van der Waals surface area contributed by atoms with Crippen LogP contribution in [0, 0.1) is 0 Å². The molecule has 0 bridgehead atoms. The highest BCUT2D eigenvalue weighted by Gasteiger charge is 2.37. The van der Waals surface area contributed by atoms with Gasteiger partial charge in [0, 0.05) is 25.9 Å². The van der Waals surface area contributed by atoms with E-state index in [-0.39, 0.29) is 68.4 Å². The topological polar surface area (TPSA) is 684 Å². The van der Waals surface area contributed by atoms with Crippen LogP contribution in [0.5, 0.6) is 5.75 Å². The molecule has 0 heterocycles. The van der Waals surface area contributed by atoms with Crippen LogP contribution in [-0.4, -0.2) is 219 Å². The summed E-state index contributed by atoms with van der Waals surface area (Å²) in [5.74, 6) is -17.2. The van der Waals surface area contributed by atoms with Crippen LogP contribution in [0.1, 0.15) is 83.1 Å². The Kier molecular flexibility index (Phi) is 34.7. The molecule has 1 aromatic rings. The van der Waals surface area contributed by atoms with Crippen molar-refractivity contribution in [2.24, 2.45) is 55.9 Å². The number of primary amides is 2. The summed E-state index contributed by atoms with van der Waals surface area (Å²) in [6.07, 6.45) is -5.00. The molecule has 0 aliphatic rings. The molecule has 0 fully saturated rings. The SMILES string of the molecule is C[C@@H](O)[C@H](NC(=O)[C@H](CC(=O)O)NC(=O)[C@H](CO)NC(=O)[C@H](Cc1ccc(O)cc1)NC(=O)[C@H](CCCN=C(N)N)NC(=O)[C@H](CCC(N)=O)NC(=O)[C@H](CCCN=C(N)N)NC(=O)[C@H](CO)NC(=O)[C@H](CC(N)=O)NC(=O)[C@@H](N)CCCCN)C(=O)O. The van der Waals surface area contributed by atoms with Gasteiger partial charge in [-0.25, -0.2) is 4.79 Å². The third-order valence-corrected chi connectivity index (χ3v) is 12.5. The lowest BCUT2D eigenvalue weighted by Crippen LogP contribution is -2.61. The smallest absolute Gasteiger partial charge is 0.328 e. The summed E-state index contributed by atoms with van der Waals surface area (Å²) in [6, 6.07) is -12.7. The van der Waals surface area contributed by atoms with E-state index in [0.29, 0.717) is 19.4 Å². The van der Waals surface area contributed by atoms with Gasteiger partial charge < -0.3 is 124 Å². The van der Waals surface area contributed by atoms with Gasteiger partial charge in [-0.3, -0.25) is 67.5 Å². The predicted molar refractivity (Wildman–Crippen MR) is 308 cm³/mol. The fourth-order valence-electron chi connectivity index (χ4n) is 7.83. The average Bonchev–Trinajstić information content (AvgIpc) is 3.64. The highest BCUT2D eigenvalue weighted by molar-refractivity contribution is 6.00. The molecule has 492 valence electrons. The van der Waals surface area contributed by atoms with Crippen LogP contribution in [-0.2, 0) is 68.7 Å². The van der Waals surface area contributed by atoms with Crippen LogP contribution < -0.4 is 93.7 Å². The number of carbonyl (C=O) groups is 13. The number of phenols is 1. The number of hydrogen-bond donors (Lipinski definition) is 23. The lowest BCUT2D eigenvalue weighted by atomic mass is 10.0. The number of phenolic OH excluding ortho intramolecular Hbond substituents is 1. The molecule has 0 unspecified atom stereocenters. The summed E-state index contributed by atoms with van der Waals surface area (Å²) in [5.41, 5.74) is 44.3. The number of aliphatic hydroxyl groups is 3. The number of unbranched alkanes of at least 4 members (excludes halogenated alkanes) is 1. The van der Waals surface area contributed by atoms with Gasteiger partial charge in [0.15, 0.2) is 18.0 Å². The standard InChI is InChI=1S/C50H83N19O19/c1-23(72)38(48(87)88)69-45(84)32(20-37(76)77)66-47(86)34(22-71)67-43(82)30(18-24-9-11-25(73)12-10-24)65-41(80)28(8-5-17-60-50(57)58)61-42(81)29(13-14-35(53)74)63-40(79)27(7-4-16-59-49(55)56)62-46(85)33(21-70)68-44(83)31(19-36(54)75)64-39(78)26(52)6-2-3-15-51/h9-12,23,26-34,38,70-73H,2-8,13-22,51-52H2,1H3,(H2,53,74)(H2,54,75)(H,61,81)(H,62,85)(H,63,79)(H,64,78)(H,65,80)(H,66,86)(H,67,82)(H,68,83)(H,69,84)(H,76,77)(H,87,88)(H4,55,56,59)(H4,57,58,60)/t23-,26+,27+,28+,29+,30+,31+,32+,33+,34+,38+/m1/s1. The number of aliphatic carboxylic acids is 2. The molecule has 0 aliphatic carbocycles. The Morgan fingerprint density at radius 2 is 0.864 bits per heavy atom. The summed E-state index contributed by atoms with van der Waals surface area (Å²) in [7, 11) is 0. The van der Waals surface area contributed by atoms with Crippen LogP contribution in [0.4, 0.5) is 0 Å². The van der Waals surface area contributed by atoms with Gasteiger partial charge in [0.05, 0.1) is 38.2 Å². The van der Waals surface area contributed by atoms with Crippen molar-refractivity contribution in [2.75, 3.05) is 32.8 Å². The first-order valence-electron chi connectivity index (χ1n) is 27.3. The van der Waals surface area contributed by atoms with Gasteiger partial charge in [-0.2, -0.15) is 0 Å². The molecule has 11 atom stereocenters. The van der Waals surface area contributed by atoms with Gasteiger partial charge in [0.1, 0.15) is 54.1 Å². The zero-order chi connectivity index (χ0) is 66.8. The van der Waals surface area contributed by atoms with E-state index in [9.17, 15) is 93.0 Å². The Hall–Kier alpha value is -9.53. The molecule has 1 rings (SSSR count). The number of carboxylic acids is 2. The minimum atomic E-state index is -2.05. The summed E-state index contributed by atoms with van der Waals surface area (Å²) in [6.45, 7) is -1.36. The molecule has 88 heavy (non-hydrogen) atoms. The van der Waals surface area contributed by atoms with Crippen molar-refractivity contribution in [3.05, 3.63) is 29.8 Å². The van der Waals surface area contributed by atoms with Gasteiger partial charge in [-0.1, -0.05) is 18.6 Å². The second-order valence-electron chi connectivity index (χ2n) is 19.9. The second kappa shape index (κ2) is 40.0. The third kappa shape index (κ3) is 30.0. The van der Waals surface area contributed by atoms with Crippen LogP contribution in [0.3, 0.4) is 0 Å². The molecule has 38 heteroatoms. The second-order valence-corrected chi connectivity index (χ2v) is 19.9. The Morgan fingerprint density at radius 1 is 0.477 bits per heavy atom. The molecule has 1 aromatic carbocycles. The summed E-state index contributed by atoms with van der Waals surface area (Å²) >= 11 is 0. The van der Waals surface area contributed by atoms with Gasteiger partial charge in [0.2, 0.25) is 65.0 Å². The number of carbonyl (C=O) groups excluding carboxylic acids is 11. The van der Waals surface area contributed by atoms with E-state index in [1.165, 1.54) is 24.3 Å². The number of carboxylic acid groups (broad SMARTS) is 2. The van der Waals surface area contributed by atoms with Crippen molar-refractivity contribution in [2.45, 2.75) is 150 Å². The summed E-state index contributed by atoms with van der Waals surface area (Å²) in [5, 5.41) is 79.2. The molecular weight excluding hydrogens is 1170 g/mol. The maximum atomic E-state index is 14.4. The number of aliphatic imine (C=N–C) groups is 2. The van der Waals surface area contributed by atoms with E-state index in [0.717, 1.165) is 6.92 Å². The van der Waals surface area contributed by atoms with E-state index in [4.69, 9.17) is 45.9 Å². The van der Waals surface area contributed by atoms with Gasteiger partial charge >= 0.3 is 11.9 Å². The van der Waals surface area contributed by atoms with Gasteiger partial charge in [0.25, 0.3) is 0 Å². The van der Waals surface area contributed by atoms with Crippen molar-refractivity contribution in [3.63, 3.8) is 0 Å². The third-order valence-electron chi connectivity index (χ3n) is 12.5. The minimum absolute atomic E-state index is 0.0638. The lowest BCUT2D eigenvalue weighted by molar-refractivity contribution is -0.146. The number of nitrogens with two attached hydrogens (primary N) is 8. The Bertz CT molecular complexity index is 2620. The average molecular weight is 1250 g/mol. The van der Waals surface area contributed by atoms with E-state index < -0.39 is 189 Å². The molecule has 0 aromatic heterocycles. The predicted octanol–water partition coefficient (Wildman–Crippen LogP) is -11.1. The molecule has 0 saturated heterocycles. The molecule has 0 radical (unpaired) electrons. The number of guanidine groups is 2. The van der Waals surface area contributed by atoms with E-state index in [1.54, 1.807) is 0 Å². The maximum absolute atomic E-state index is 14.4. The van der Waals surface area contributed by atoms with Crippen molar-refractivity contribution >= 4 is 88.8 Å². The number of nitrogens with one attached hydrogen (secondary N) is 9. The Morgan fingerprint density at radius 3 is 1.27 bits per heavy atom. The zero-order valence-electron chi connectivity index (χ0n) is 48.2. The number of aromatic hydroxyl groups is 1. The number of hydrogen-bond acceptors (Lipinski definition) is 21. The maximum Gasteiger partial charge on any atom is 0.328 e. The Balaban J connectivity index is 3.74. The summed E-state index contributed by atoms with van der Waals surface area (Å²) < 4.78 is 0. The molecule has 0 saturated carbocycles. The van der Waals surface area contributed by atoms with Gasteiger partial charge in [-0.05, 0) is 76.1 Å². The normalized spacial score (nSPS) is 14.6. The molecule has 31 N–H and O–H groups in total. The van der Waals surface area contributed by atoms with E-state index >= 15 is 0 Å². The number of amides is 11. The van der Waals surface area contributed by atoms with Crippen LogP contribution in [0.25, 0.3) is 0 Å². The van der Waals surface area contributed by atoms with Gasteiger partial charge in [-0.15, -0.1) is 0 Å². The first kappa shape index (κ1) is 76.5. The van der Waals surface area contributed by atoms with Crippen LogP contribution >= 0.6 is 0 Å². The van der Waals surface area contributed by atoms with E-state index in [2.05, 4.69) is 47.2 Å². The Labute approximate surface area is 503 Å². The highest BCUT2D eigenvalue weighted by Crippen LogP contribution is 2.14. The van der Waals surface area contributed by atoms with Crippen molar-refractivity contribution in [3.8, 4) is 5.75 Å². The fraction of sp³-hybridized carbons (Fsp3) is 0.580. The lowest BCUT2D eigenvalue weighted by Gasteiger charge is -2.28. The minimum Gasteiger partial charge on any atom is -0.508 e. The van der Waals surface area contributed by atoms with E-state index in [1.807, 2.05) is 10.6 Å².